The number of carbonyl (C=O) groups excluding carboxylic acids is 1. The third kappa shape index (κ3) is 5.74. The van der Waals surface area contributed by atoms with E-state index in [9.17, 15) is 18.0 Å². The van der Waals surface area contributed by atoms with E-state index in [1.807, 2.05) is 37.5 Å². The summed E-state index contributed by atoms with van der Waals surface area (Å²) in [5.74, 6) is -0.643. The Hall–Kier alpha value is -2.55. The minimum atomic E-state index is -4.64. The molecule has 3 aromatic rings. The van der Waals surface area contributed by atoms with Crippen molar-refractivity contribution < 1.29 is 18.0 Å². The largest absolute Gasteiger partial charge is 0.417 e. The Morgan fingerprint density at radius 1 is 1.21 bits per heavy atom. The van der Waals surface area contributed by atoms with Gasteiger partial charge >= 0.3 is 6.18 Å². The third-order valence-corrected chi connectivity index (χ3v) is 6.28. The Labute approximate surface area is 207 Å². The first-order valence-electron chi connectivity index (χ1n) is 10.7. The van der Waals surface area contributed by atoms with Gasteiger partial charge in [-0.2, -0.15) is 18.3 Å². The Kier molecular flexibility index (Phi) is 8.28. The number of nitrogens with one attached hydrogen (secondary N) is 2. The van der Waals surface area contributed by atoms with Gasteiger partial charge < -0.3 is 10.6 Å². The molecule has 34 heavy (non-hydrogen) atoms. The maximum absolute atomic E-state index is 13.3. The number of hydrogen-bond donors (Lipinski definition) is 2. The summed E-state index contributed by atoms with van der Waals surface area (Å²) in [6.07, 6.45) is 1.87. The maximum Gasteiger partial charge on any atom is 0.417 e. The number of hydrogen-bond acceptors (Lipinski definition) is 3. The van der Waals surface area contributed by atoms with Crippen LogP contribution in [-0.4, -0.2) is 28.3 Å². The zero-order chi connectivity index (χ0) is 23.6. The summed E-state index contributed by atoms with van der Waals surface area (Å²) in [7, 11) is 1.83. The lowest BCUT2D eigenvalue weighted by atomic mass is 9.90. The molecule has 1 aliphatic rings. The lowest BCUT2D eigenvalue weighted by molar-refractivity contribution is -0.137. The van der Waals surface area contributed by atoms with Gasteiger partial charge in [0, 0.05) is 24.8 Å². The second kappa shape index (κ2) is 10.8. The summed E-state index contributed by atoms with van der Waals surface area (Å²) >= 11 is 6.01. The van der Waals surface area contributed by atoms with E-state index >= 15 is 0 Å². The van der Waals surface area contributed by atoms with Gasteiger partial charge in [-0.25, -0.2) is 0 Å². The number of benzene rings is 2. The molecule has 0 spiro atoms. The third-order valence-electron chi connectivity index (χ3n) is 5.87. The van der Waals surface area contributed by atoms with E-state index in [1.165, 1.54) is 12.1 Å². The molecule has 0 aliphatic carbocycles. The summed E-state index contributed by atoms with van der Waals surface area (Å²) in [5, 5.41) is 10.0. The van der Waals surface area contributed by atoms with E-state index in [1.54, 1.807) is 10.9 Å². The molecule has 0 bridgehead atoms. The summed E-state index contributed by atoms with van der Waals surface area (Å²) in [5.41, 5.74) is 1.50. The number of aryl methyl sites for hydroxylation is 1. The van der Waals surface area contributed by atoms with Crippen LogP contribution >= 0.6 is 24.0 Å². The molecule has 1 aromatic heterocycles. The topological polar surface area (TPSA) is 59.0 Å². The average Bonchev–Trinajstić information content (AvgIpc) is 3.23. The van der Waals surface area contributed by atoms with E-state index in [0.717, 1.165) is 48.6 Å². The van der Waals surface area contributed by atoms with Gasteiger partial charge in [-0.3, -0.25) is 9.48 Å². The van der Waals surface area contributed by atoms with Crippen LogP contribution in [0, 0.1) is 0 Å². The summed E-state index contributed by atoms with van der Waals surface area (Å²) < 4.78 is 41.6. The molecule has 4 rings (SSSR count). The number of rotatable bonds is 5. The van der Waals surface area contributed by atoms with E-state index in [2.05, 4.69) is 15.7 Å². The number of amides is 1. The van der Waals surface area contributed by atoms with Crippen LogP contribution in [0.1, 0.15) is 46.8 Å². The minimum Gasteiger partial charge on any atom is -0.344 e. The predicted molar refractivity (Wildman–Crippen MR) is 128 cm³/mol. The molecule has 182 valence electrons. The fourth-order valence-electron chi connectivity index (χ4n) is 4.21. The van der Waals surface area contributed by atoms with Gasteiger partial charge in [0.1, 0.15) is 0 Å². The summed E-state index contributed by atoms with van der Waals surface area (Å²) in [6, 6.07) is 10.6. The summed E-state index contributed by atoms with van der Waals surface area (Å²) in [4.78, 5) is 13.1. The normalized spacial score (nSPS) is 17.0. The lowest BCUT2D eigenvalue weighted by Crippen LogP contribution is -2.46. The predicted octanol–water partition coefficient (Wildman–Crippen LogP) is 5.79. The van der Waals surface area contributed by atoms with Crippen LogP contribution in [0.15, 0.2) is 54.9 Å². The molecule has 2 heterocycles. The van der Waals surface area contributed by atoms with Crippen molar-refractivity contribution in [2.24, 2.45) is 7.05 Å². The Bertz CT molecular complexity index is 1140. The van der Waals surface area contributed by atoms with Crippen LogP contribution in [0.4, 0.5) is 13.2 Å². The zero-order valence-corrected chi connectivity index (χ0v) is 20.0. The van der Waals surface area contributed by atoms with Crippen LogP contribution in [0.25, 0.3) is 11.1 Å². The molecular weight excluding hydrogens is 488 g/mol. The van der Waals surface area contributed by atoms with E-state index in [-0.39, 0.29) is 24.0 Å². The second-order valence-corrected chi connectivity index (χ2v) is 8.58. The highest BCUT2D eigenvalue weighted by Crippen LogP contribution is 2.36. The Morgan fingerprint density at radius 3 is 2.62 bits per heavy atom. The van der Waals surface area contributed by atoms with Crippen LogP contribution in [0.5, 0.6) is 0 Å². The molecule has 2 N–H and O–H groups in total. The fraction of sp³-hybridized carbons (Fsp3) is 0.333. The van der Waals surface area contributed by atoms with Crippen molar-refractivity contribution in [1.29, 1.82) is 0 Å². The first-order chi connectivity index (χ1) is 15.7. The molecule has 1 amide bonds. The molecule has 0 radical (unpaired) electrons. The van der Waals surface area contributed by atoms with Gasteiger partial charge in [0.15, 0.2) is 0 Å². The van der Waals surface area contributed by atoms with Gasteiger partial charge in [0.2, 0.25) is 0 Å². The van der Waals surface area contributed by atoms with Crippen molar-refractivity contribution in [3.63, 3.8) is 0 Å². The van der Waals surface area contributed by atoms with Crippen LogP contribution in [-0.2, 0) is 13.2 Å². The molecular formula is C24H25Cl2F3N4O. The van der Waals surface area contributed by atoms with Crippen molar-refractivity contribution in [3.05, 3.63) is 76.6 Å². The summed E-state index contributed by atoms with van der Waals surface area (Å²) in [6.45, 7) is 0.809. The van der Waals surface area contributed by atoms with E-state index < -0.39 is 28.7 Å². The minimum absolute atomic E-state index is 0. The van der Waals surface area contributed by atoms with Gasteiger partial charge in [-0.1, -0.05) is 42.3 Å². The second-order valence-electron chi connectivity index (χ2n) is 8.20. The lowest BCUT2D eigenvalue weighted by Gasteiger charge is -2.32. The molecule has 10 heteroatoms. The highest BCUT2D eigenvalue weighted by molar-refractivity contribution is 6.34. The van der Waals surface area contributed by atoms with Crippen molar-refractivity contribution in [2.75, 3.05) is 6.54 Å². The van der Waals surface area contributed by atoms with E-state index in [0.29, 0.717) is 0 Å². The quantitative estimate of drug-likeness (QED) is 0.454. The molecule has 1 unspecified atom stereocenters. The van der Waals surface area contributed by atoms with Crippen LogP contribution in [0.2, 0.25) is 5.02 Å². The van der Waals surface area contributed by atoms with Gasteiger partial charge in [0.25, 0.3) is 5.91 Å². The number of piperidine rings is 1. The zero-order valence-electron chi connectivity index (χ0n) is 18.4. The maximum atomic E-state index is 13.3. The fourth-order valence-corrected chi connectivity index (χ4v) is 4.53. The number of carbonyl (C=O) groups is 1. The van der Waals surface area contributed by atoms with Crippen molar-refractivity contribution in [3.8, 4) is 11.1 Å². The van der Waals surface area contributed by atoms with Gasteiger partial charge in [0.05, 0.1) is 28.4 Å². The van der Waals surface area contributed by atoms with Crippen molar-refractivity contribution >= 4 is 29.9 Å². The van der Waals surface area contributed by atoms with Crippen molar-refractivity contribution in [2.45, 2.75) is 37.5 Å². The van der Waals surface area contributed by atoms with Crippen molar-refractivity contribution in [1.82, 2.24) is 20.4 Å². The molecule has 1 aliphatic heterocycles. The van der Waals surface area contributed by atoms with Crippen LogP contribution in [0.3, 0.4) is 0 Å². The Balaban J connectivity index is 0.00000324. The van der Waals surface area contributed by atoms with Gasteiger partial charge in [-0.15, -0.1) is 12.4 Å². The number of aromatic nitrogens is 2. The molecule has 0 saturated carbocycles. The van der Waals surface area contributed by atoms with Crippen LogP contribution < -0.4 is 10.6 Å². The monoisotopic (exact) mass is 512 g/mol. The van der Waals surface area contributed by atoms with E-state index in [4.69, 9.17) is 11.6 Å². The molecule has 2 atom stereocenters. The Morgan fingerprint density at radius 2 is 1.97 bits per heavy atom. The first-order valence-corrected chi connectivity index (χ1v) is 11.1. The first kappa shape index (κ1) is 26.1. The number of halogens is 5. The smallest absolute Gasteiger partial charge is 0.344 e. The SMILES string of the molecule is Cl.Cn1cc(-c2cccc(C(NC(=O)c3cccc(C(F)(F)F)c3Cl)[C@@H]3CCCCN3)c2)cn1. The average molecular weight is 513 g/mol. The highest BCUT2D eigenvalue weighted by atomic mass is 35.5. The molecule has 5 nitrogen and oxygen atoms in total. The molecule has 1 saturated heterocycles. The standard InChI is InChI=1S/C24H24ClF3N4O.ClH/c1-32-14-17(13-30-32)15-6-4-7-16(12-15)22(20-10-2-3-11-29-20)31-23(33)18-8-5-9-19(21(18)25)24(26,27)28;/h4-9,12-14,20,22,29H,2-3,10-11H2,1H3,(H,31,33);1H/t20-,22?;/m0./s1. The highest BCUT2D eigenvalue weighted by Gasteiger charge is 2.35. The number of nitrogens with zero attached hydrogens (tertiary/aromatic N) is 2. The number of alkyl halides is 3. The molecule has 2 aromatic carbocycles. The van der Waals surface area contributed by atoms with Gasteiger partial charge in [-0.05, 0) is 48.7 Å². The molecule has 1 fully saturated rings.